The highest BCUT2D eigenvalue weighted by molar-refractivity contribution is 6.15. The van der Waals surface area contributed by atoms with E-state index in [9.17, 15) is 14.4 Å². The third-order valence-electron chi connectivity index (χ3n) is 5.22. The van der Waals surface area contributed by atoms with Crippen molar-refractivity contribution >= 4 is 34.8 Å². The van der Waals surface area contributed by atoms with Gasteiger partial charge in [0.05, 0.1) is 11.4 Å². The lowest BCUT2D eigenvalue weighted by atomic mass is 10.1. The number of para-hydroxylation sites is 4. The van der Waals surface area contributed by atoms with Gasteiger partial charge in [-0.2, -0.15) is 0 Å². The quantitative estimate of drug-likeness (QED) is 0.667. The summed E-state index contributed by atoms with van der Waals surface area (Å²) in [6.45, 7) is 0.0463. The van der Waals surface area contributed by atoms with Crippen LogP contribution in [-0.4, -0.2) is 37.0 Å². The second-order valence-corrected chi connectivity index (χ2v) is 7.39. The van der Waals surface area contributed by atoms with Crippen molar-refractivity contribution in [3.8, 4) is 11.5 Å². The molecule has 2 N–H and O–H groups in total. The maximum atomic E-state index is 13.0. The Bertz CT molecular complexity index is 1210. The minimum atomic E-state index is -0.783. The number of carbonyl (C=O) groups excluding carboxylic acids is 3. The van der Waals surface area contributed by atoms with Crippen LogP contribution in [0.1, 0.15) is 10.4 Å². The number of amides is 3. The summed E-state index contributed by atoms with van der Waals surface area (Å²) >= 11 is 0. The van der Waals surface area contributed by atoms with Crippen LogP contribution in [0.4, 0.5) is 17.1 Å². The fraction of sp³-hybridized carbons (Fsp3) is 0.125. The number of fused-ring (bicyclic) bond motifs is 2. The van der Waals surface area contributed by atoms with Crippen molar-refractivity contribution in [1.29, 1.82) is 0 Å². The fourth-order valence-electron chi connectivity index (χ4n) is 3.64. The van der Waals surface area contributed by atoms with Crippen LogP contribution in [0.2, 0.25) is 0 Å². The molecule has 32 heavy (non-hydrogen) atoms. The number of anilines is 3. The van der Waals surface area contributed by atoms with Crippen molar-refractivity contribution in [2.75, 3.05) is 28.7 Å². The Morgan fingerprint density at radius 1 is 0.938 bits per heavy atom. The molecule has 2 aliphatic rings. The van der Waals surface area contributed by atoms with E-state index < -0.39 is 6.10 Å². The Labute approximate surface area is 183 Å². The van der Waals surface area contributed by atoms with Crippen molar-refractivity contribution in [3.05, 3.63) is 78.4 Å². The lowest BCUT2D eigenvalue weighted by molar-refractivity contribution is -0.125. The molecule has 0 radical (unpaired) electrons. The smallest absolute Gasteiger partial charge is 0.269 e. The number of nitrogens with zero attached hydrogens (tertiary/aromatic N) is 1. The van der Waals surface area contributed by atoms with E-state index in [2.05, 4.69) is 10.6 Å². The van der Waals surface area contributed by atoms with Gasteiger partial charge in [-0.1, -0.05) is 24.3 Å². The fourth-order valence-corrected chi connectivity index (χ4v) is 3.64. The molecule has 0 aliphatic carbocycles. The molecule has 5 rings (SSSR count). The van der Waals surface area contributed by atoms with Gasteiger partial charge in [0.1, 0.15) is 13.2 Å². The molecule has 2 heterocycles. The molecular weight excluding hydrogens is 410 g/mol. The maximum absolute atomic E-state index is 13.0. The second kappa shape index (κ2) is 8.07. The second-order valence-electron chi connectivity index (χ2n) is 7.39. The van der Waals surface area contributed by atoms with Gasteiger partial charge >= 0.3 is 0 Å². The van der Waals surface area contributed by atoms with Crippen LogP contribution in [0.3, 0.4) is 0 Å². The molecule has 8 heteroatoms. The SMILES string of the molecule is O=C1CN(C(=O)c2ccc(NC(=O)C3COc4ccccc4O3)cc2)c2ccccc2N1. The molecule has 8 nitrogen and oxygen atoms in total. The molecule has 0 fully saturated rings. The zero-order valence-electron chi connectivity index (χ0n) is 16.9. The average Bonchev–Trinajstić information content (AvgIpc) is 2.83. The van der Waals surface area contributed by atoms with Crippen molar-refractivity contribution in [3.63, 3.8) is 0 Å². The maximum Gasteiger partial charge on any atom is 0.269 e. The van der Waals surface area contributed by atoms with E-state index in [1.165, 1.54) is 4.90 Å². The third kappa shape index (κ3) is 3.74. The van der Waals surface area contributed by atoms with Crippen molar-refractivity contribution in [1.82, 2.24) is 0 Å². The van der Waals surface area contributed by atoms with E-state index >= 15 is 0 Å². The van der Waals surface area contributed by atoms with E-state index in [0.29, 0.717) is 34.1 Å². The normalized spacial score (nSPS) is 16.6. The van der Waals surface area contributed by atoms with Gasteiger partial charge in [0, 0.05) is 11.3 Å². The molecule has 3 aromatic rings. The summed E-state index contributed by atoms with van der Waals surface area (Å²) in [4.78, 5) is 39.0. The number of nitrogens with one attached hydrogen (secondary N) is 2. The van der Waals surface area contributed by atoms with E-state index in [1.54, 1.807) is 54.6 Å². The zero-order chi connectivity index (χ0) is 22.1. The standard InChI is InChI=1S/C24H19N3O5/c28-22-13-27(18-6-2-1-5-17(18)26-22)24(30)15-9-11-16(12-10-15)25-23(29)21-14-31-19-7-3-4-8-20(19)32-21/h1-12,21H,13-14H2,(H,25,29)(H,26,28). The van der Waals surface area contributed by atoms with Crippen LogP contribution in [0.25, 0.3) is 0 Å². The van der Waals surface area contributed by atoms with Crippen LogP contribution < -0.4 is 25.0 Å². The van der Waals surface area contributed by atoms with E-state index in [4.69, 9.17) is 9.47 Å². The van der Waals surface area contributed by atoms with Gasteiger partial charge in [-0.3, -0.25) is 19.3 Å². The first kappa shape index (κ1) is 19.6. The van der Waals surface area contributed by atoms with Crippen molar-refractivity contribution < 1.29 is 23.9 Å². The largest absolute Gasteiger partial charge is 0.485 e. The topological polar surface area (TPSA) is 97.0 Å². The van der Waals surface area contributed by atoms with Gasteiger partial charge in [-0.25, -0.2) is 0 Å². The number of hydrogen-bond donors (Lipinski definition) is 2. The first-order valence-electron chi connectivity index (χ1n) is 10.1. The molecule has 0 aromatic heterocycles. The Balaban J connectivity index is 1.27. The Morgan fingerprint density at radius 2 is 1.66 bits per heavy atom. The molecular formula is C24H19N3O5. The highest BCUT2D eigenvalue weighted by Gasteiger charge is 2.29. The first-order valence-corrected chi connectivity index (χ1v) is 10.1. The average molecular weight is 429 g/mol. The number of rotatable bonds is 3. The van der Waals surface area contributed by atoms with Crippen molar-refractivity contribution in [2.24, 2.45) is 0 Å². The number of hydrogen-bond acceptors (Lipinski definition) is 5. The first-order chi connectivity index (χ1) is 15.6. The minimum Gasteiger partial charge on any atom is -0.485 e. The molecule has 160 valence electrons. The molecule has 0 spiro atoms. The molecule has 2 aliphatic heterocycles. The van der Waals surface area contributed by atoms with E-state index in [1.807, 2.05) is 18.2 Å². The van der Waals surface area contributed by atoms with Crippen molar-refractivity contribution in [2.45, 2.75) is 6.10 Å². The third-order valence-corrected chi connectivity index (χ3v) is 5.22. The molecule has 0 bridgehead atoms. The summed E-state index contributed by atoms with van der Waals surface area (Å²) < 4.78 is 11.3. The summed E-state index contributed by atoms with van der Waals surface area (Å²) in [6.07, 6.45) is -0.783. The number of carbonyl (C=O) groups is 3. The zero-order valence-corrected chi connectivity index (χ0v) is 16.9. The monoisotopic (exact) mass is 429 g/mol. The van der Waals surface area contributed by atoms with Crippen LogP contribution in [0, 0.1) is 0 Å². The van der Waals surface area contributed by atoms with Crippen LogP contribution >= 0.6 is 0 Å². The highest BCUT2D eigenvalue weighted by atomic mass is 16.6. The summed E-state index contributed by atoms with van der Waals surface area (Å²) in [5.74, 6) is 0.223. The Morgan fingerprint density at radius 3 is 2.47 bits per heavy atom. The van der Waals surface area contributed by atoms with Gasteiger partial charge in [0.2, 0.25) is 12.0 Å². The predicted molar refractivity (Wildman–Crippen MR) is 118 cm³/mol. The van der Waals surface area contributed by atoms with Gasteiger partial charge in [0.15, 0.2) is 11.5 Å². The molecule has 0 saturated heterocycles. The number of benzene rings is 3. The Kier molecular flexibility index (Phi) is 4.95. The molecule has 3 aromatic carbocycles. The number of ether oxygens (including phenoxy) is 2. The minimum absolute atomic E-state index is 0.0607. The van der Waals surface area contributed by atoms with Crippen LogP contribution in [-0.2, 0) is 9.59 Å². The lowest BCUT2D eigenvalue weighted by Crippen LogP contribution is -2.42. The van der Waals surface area contributed by atoms with Crippen LogP contribution in [0.5, 0.6) is 11.5 Å². The summed E-state index contributed by atoms with van der Waals surface area (Å²) in [6, 6.07) is 20.8. The summed E-state index contributed by atoms with van der Waals surface area (Å²) in [5, 5.41) is 5.54. The van der Waals surface area contributed by atoms with E-state index in [0.717, 1.165) is 0 Å². The van der Waals surface area contributed by atoms with E-state index in [-0.39, 0.29) is 30.9 Å². The predicted octanol–water partition coefficient (Wildman–Crippen LogP) is 3.06. The van der Waals surface area contributed by atoms with Gasteiger partial charge in [-0.15, -0.1) is 0 Å². The van der Waals surface area contributed by atoms with Gasteiger partial charge < -0.3 is 20.1 Å². The molecule has 1 unspecified atom stereocenters. The molecule has 3 amide bonds. The Hall–Kier alpha value is -4.33. The summed E-state index contributed by atoms with van der Waals surface area (Å²) in [7, 11) is 0. The molecule has 1 atom stereocenters. The highest BCUT2D eigenvalue weighted by Crippen LogP contribution is 2.32. The molecule has 0 saturated carbocycles. The van der Waals surface area contributed by atoms with Crippen LogP contribution in [0.15, 0.2) is 72.8 Å². The van der Waals surface area contributed by atoms with Gasteiger partial charge in [-0.05, 0) is 48.5 Å². The lowest BCUT2D eigenvalue weighted by Gasteiger charge is -2.29. The van der Waals surface area contributed by atoms with Gasteiger partial charge in [0.25, 0.3) is 11.8 Å². The summed E-state index contributed by atoms with van der Waals surface area (Å²) in [5.41, 5.74) is 2.16.